The number of nitrogens with zero attached hydrogens (tertiary/aromatic N) is 5. The number of para-hydroxylation sites is 1. The molecule has 1 aliphatic carbocycles. The number of halogens is 3. The third-order valence-corrected chi connectivity index (χ3v) is 8.74. The molecule has 2 bridgehead atoms. The Hall–Kier alpha value is -4.13. The number of anilines is 1. The van der Waals surface area contributed by atoms with Gasteiger partial charge >= 0.3 is 12.3 Å². The molecule has 10 nitrogen and oxygen atoms in total. The maximum absolute atomic E-state index is 13.2. The molecule has 3 unspecified atom stereocenters. The Kier molecular flexibility index (Phi) is 7.22. The van der Waals surface area contributed by atoms with Crippen molar-refractivity contribution in [2.24, 2.45) is 5.92 Å². The van der Waals surface area contributed by atoms with E-state index in [0.717, 1.165) is 37.9 Å². The highest BCUT2D eigenvalue weighted by Gasteiger charge is 2.46. The largest absolute Gasteiger partial charge is 0.573 e. The molecular formula is C31H32F3N5O5. The number of carbonyl (C=O) groups is 1. The van der Waals surface area contributed by atoms with Gasteiger partial charge in [-0.1, -0.05) is 24.2 Å². The molecule has 7 rings (SSSR count). The van der Waals surface area contributed by atoms with Crippen molar-refractivity contribution in [3.05, 3.63) is 59.6 Å². The first-order chi connectivity index (χ1) is 21.2. The fraction of sp³-hybridized carbons (Fsp3) is 0.484. The van der Waals surface area contributed by atoms with Crippen LogP contribution in [0.5, 0.6) is 5.75 Å². The molecule has 3 fully saturated rings. The lowest BCUT2D eigenvalue weighted by Gasteiger charge is -2.40. The van der Waals surface area contributed by atoms with E-state index in [0.29, 0.717) is 28.6 Å². The summed E-state index contributed by atoms with van der Waals surface area (Å²) < 4.78 is 62.7. The molecule has 3 aliphatic rings. The van der Waals surface area contributed by atoms with Crippen LogP contribution in [0.25, 0.3) is 16.9 Å². The van der Waals surface area contributed by atoms with Gasteiger partial charge in [-0.05, 0) is 69.2 Å². The monoisotopic (exact) mass is 611 g/mol. The molecule has 2 aliphatic heterocycles. The Balaban J connectivity index is 1.10. The number of piperidine rings is 1. The Morgan fingerprint density at radius 3 is 2.68 bits per heavy atom. The molecule has 5 heterocycles. The van der Waals surface area contributed by atoms with Crippen LogP contribution in [0.4, 0.5) is 19.0 Å². The van der Waals surface area contributed by atoms with E-state index in [1.54, 1.807) is 29.8 Å². The first-order valence-electron chi connectivity index (χ1n) is 15.0. The summed E-state index contributed by atoms with van der Waals surface area (Å²) in [6, 6.07) is 10.1. The van der Waals surface area contributed by atoms with Gasteiger partial charge in [-0.15, -0.1) is 18.3 Å². The normalized spacial score (nSPS) is 23.3. The molecule has 4 atom stereocenters. The van der Waals surface area contributed by atoms with Gasteiger partial charge in [-0.2, -0.15) is 0 Å². The van der Waals surface area contributed by atoms with E-state index in [4.69, 9.17) is 19.1 Å². The van der Waals surface area contributed by atoms with Crippen LogP contribution < -0.4 is 9.64 Å². The minimum atomic E-state index is -4.83. The zero-order chi connectivity index (χ0) is 30.6. The first-order valence-corrected chi connectivity index (χ1v) is 15.0. The predicted molar refractivity (Wildman–Crippen MR) is 151 cm³/mol. The number of aromatic nitrogens is 4. The van der Waals surface area contributed by atoms with Gasteiger partial charge in [0.1, 0.15) is 23.0 Å². The molecule has 3 aromatic heterocycles. The van der Waals surface area contributed by atoms with E-state index in [-0.39, 0.29) is 54.3 Å². The zero-order valence-corrected chi connectivity index (χ0v) is 24.3. The average molecular weight is 612 g/mol. The van der Waals surface area contributed by atoms with Gasteiger partial charge in [0.2, 0.25) is 0 Å². The number of hydrogen-bond acceptors (Lipinski definition) is 9. The number of rotatable bonds is 9. The molecule has 44 heavy (non-hydrogen) atoms. The first kappa shape index (κ1) is 28.6. The van der Waals surface area contributed by atoms with Crippen molar-refractivity contribution < 1.29 is 36.7 Å². The van der Waals surface area contributed by atoms with E-state index >= 15 is 0 Å². The molecule has 232 valence electrons. The van der Waals surface area contributed by atoms with E-state index in [1.807, 2.05) is 12.1 Å². The number of benzene rings is 1. The molecule has 1 aromatic carbocycles. The average Bonchev–Trinajstić information content (AvgIpc) is 3.53. The van der Waals surface area contributed by atoms with Crippen molar-refractivity contribution in [2.45, 2.75) is 83.0 Å². The molecule has 0 radical (unpaired) electrons. The molecular weight excluding hydrogens is 579 g/mol. The summed E-state index contributed by atoms with van der Waals surface area (Å²) in [5.41, 5.74) is 1.99. The van der Waals surface area contributed by atoms with E-state index in [2.05, 4.69) is 26.7 Å². The minimum Gasteiger partial charge on any atom is -0.461 e. The topological polar surface area (TPSA) is 104 Å². The summed E-state index contributed by atoms with van der Waals surface area (Å²) in [6.45, 7) is 4.43. The molecule has 13 heteroatoms. The Bertz CT molecular complexity index is 1680. The minimum absolute atomic E-state index is 0.0601. The molecule has 1 saturated carbocycles. The van der Waals surface area contributed by atoms with Crippen LogP contribution in [0.2, 0.25) is 0 Å². The van der Waals surface area contributed by atoms with Crippen molar-refractivity contribution in [1.82, 2.24) is 19.8 Å². The third kappa shape index (κ3) is 5.49. The van der Waals surface area contributed by atoms with Gasteiger partial charge in [-0.25, -0.2) is 14.3 Å². The standard InChI is InChI=1S/C31H32F3N5O5/c1-3-41-30(40)23-15-38-26(35-23)10-11-27(36-38)39-19-12-17(2)24(39)14-20(13-19)42-16-22-28(37-44-29(22)18-8-9-18)21-6-4-5-7-25(21)43-31(32,33)34/h4-7,10-11,15,17-20,24H,3,8-9,12-14,16H2,1-2H3/t17-,19?,20?,24?/m1/s1. The van der Waals surface area contributed by atoms with Crippen molar-refractivity contribution in [3.8, 4) is 17.0 Å². The lowest BCUT2D eigenvalue weighted by Crippen LogP contribution is -2.47. The van der Waals surface area contributed by atoms with Crippen LogP contribution in [0.15, 0.2) is 47.1 Å². The van der Waals surface area contributed by atoms with Crippen LogP contribution in [0.1, 0.15) is 73.7 Å². The van der Waals surface area contributed by atoms with Crippen LogP contribution in [-0.4, -0.2) is 56.9 Å². The number of carbonyl (C=O) groups excluding carboxylic acids is 1. The number of imidazole rings is 1. The Labute approximate surface area is 251 Å². The van der Waals surface area contributed by atoms with Crippen molar-refractivity contribution in [1.29, 1.82) is 0 Å². The SMILES string of the molecule is CCOC(=O)c1cn2nc(N3C4CC(OCc5c(-c6ccccc6OC(F)(F)F)noc5C5CC5)CC3[C@H](C)C4)ccc2n1. The lowest BCUT2D eigenvalue weighted by atomic mass is 9.97. The van der Waals surface area contributed by atoms with Crippen LogP contribution in [-0.2, 0) is 16.1 Å². The van der Waals surface area contributed by atoms with E-state index < -0.39 is 12.3 Å². The summed E-state index contributed by atoms with van der Waals surface area (Å²) in [6.07, 6.45) is 1.10. The second kappa shape index (κ2) is 11.1. The number of alkyl halides is 3. The molecule has 0 amide bonds. The summed E-state index contributed by atoms with van der Waals surface area (Å²) in [4.78, 5) is 18.8. The summed E-state index contributed by atoms with van der Waals surface area (Å²) in [7, 11) is 0. The van der Waals surface area contributed by atoms with Gasteiger partial charge in [0, 0.05) is 29.1 Å². The summed E-state index contributed by atoms with van der Waals surface area (Å²) in [5.74, 6) is 1.27. The number of fused-ring (bicyclic) bond motifs is 3. The van der Waals surface area contributed by atoms with Crippen LogP contribution in [0.3, 0.4) is 0 Å². The van der Waals surface area contributed by atoms with Crippen molar-refractivity contribution in [3.63, 3.8) is 0 Å². The predicted octanol–water partition coefficient (Wildman–Crippen LogP) is 6.30. The second-order valence-corrected chi connectivity index (χ2v) is 11.8. The Morgan fingerprint density at radius 2 is 1.93 bits per heavy atom. The van der Waals surface area contributed by atoms with Gasteiger partial charge < -0.3 is 23.6 Å². The number of ether oxygens (including phenoxy) is 3. The lowest BCUT2D eigenvalue weighted by molar-refractivity contribution is -0.274. The van der Waals surface area contributed by atoms with Crippen molar-refractivity contribution in [2.75, 3.05) is 11.5 Å². The zero-order valence-electron chi connectivity index (χ0n) is 24.3. The van der Waals surface area contributed by atoms with E-state index in [9.17, 15) is 18.0 Å². The van der Waals surface area contributed by atoms with Crippen molar-refractivity contribution >= 4 is 17.4 Å². The highest BCUT2D eigenvalue weighted by Crippen LogP contribution is 2.47. The van der Waals surface area contributed by atoms with Gasteiger partial charge in [0.25, 0.3) is 0 Å². The quantitative estimate of drug-likeness (QED) is 0.202. The maximum Gasteiger partial charge on any atom is 0.573 e. The number of esters is 1. The highest BCUT2D eigenvalue weighted by molar-refractivity contribution is 5.87. The smallest absolute Gasteiger partial charge is 0.461 e. The third-order valence-electron chi connectivity index (χ3n) is 8.74. The van der Waals surface area contributed by atoms with Gasteiger partial charge in [0.05, 0.1) is 25.5 Å². The maximum atomic E-state index is 13.2. The van der Waals surface area contributed by atoms with Gasteiger partial charge in [-0.3, -0.25) is 0 Å². The highest BCUT2D eigenvalue weighted by atomic mass is 19.4. The van der Waals surface area contributed by atoms with Crippen LogP contribution >= 0.6 is 0 Å². The van der Waals surface area contributed by atoms with E-state index in [1.165, 1.54) is 12.1 Å². The number of hydrogen-bond donors (Lipinski definition) is 0. The summed E-state index contributed by atoms with van der Waals surface area (Å²) in [5, 5.41) is 8.99. The summed E-state index contributed by atoms with van der Waals surface area (Å²) >= 11 is 0. The molecule has 2 saturated heterocycles. The van der Waals surface area contributed by atoms with Gasteiger partial charge in [0.15, 0.2) is 11.3 Å². The Morgan fingerprint density at radius 1 is 1.11 bits per heavy atom. The molecule has 4 aromatic rings. The fourth-order valence-corrected chi connectivity index (χ4v) is 6.69. The molecule has 0 spiro atoms. The molecule has 0 N–H and O–H groups in total. The second-order valence-electron chi connectivity index (χ2n) is 11.8. The fourth-order valence-electron chi connectivity index (χ4n) is 6.69. The van der Waals surface area contributed by atoms with Crippen LogP contribution in [0, 0.1) is 5.92 Å².